The number of carbonyl (C=O) groups is 1. The van der Waals surface area contributed by atoms with Crippen LogP contribution < -0.4 is 20.1 Å². The van der Waals surface area contributed by atoms with E-state index < -0.39 is 10.8 Å². The average Bonchev–Trinajstić information content (AvgIpc) is 3.44. The van der Waals surface area contributed by atoms with Gasteiger partial charge in [-0.05, 0) is 25.0 Å². The molecule has 0 spiro atoms. The molecule has 1 heterocycles. The number of methoxy groups -OCH3 is 2. The first kappa shape index (κ1) is 18.9. The number of ether oxygens (including phenoxy) is 2. The molecule has 0 bridgehead atoms. The maximum atomic E-state index is 12.6. The van der Waals surface area contributed by atoms with Gasteiger partial charge in [-0.1, -0.05) is 11.3 Å². The number of benzene rings is 2. The Morgan fingerprint density at radius 2 is 1.93 bits per heavy atom. The number of thiazole rings is 1. The summed E-state index contributed by atoms with van der Waals surface area (Å²) < 4.78 is 11.4. The Kier molecular flexibility index (Phi) is 4.93. The maximum Gasteiger partial charge on any atom is 0.293 e. The Morgan fingerprint density at radius 3 is 2.59 bits per heavy atom. The summed E-state index contributed by atoms with van der Waals surface area (Å²) in [6.07, 6.45) is 1.99. The van der Waals surface area contributed by atoms with E-state index in [0.29, 0.717) is 27.8 Å². The SMILES string of the molecule is COc1cc2nc(NC(=O)c3ccc(NC4CC4)c([N+](=O)[O-])c3)sc2cc1OC. The van der Waals surface area contributed by atoms with Crippen molar-refractivity contribution in [3.8, 4) is 11.5 Å². The molecule has 1 amide bonds. The number of hydrogen-bond acceptors (Lipinski definition) is 8. The molecule has 0 radical (unpaired) electrons. The van der Waals surface area contributed by atoms with Crippen molar-refractivity contribution in [2.24, 2.45) is 0 Å². The zero-order chi connectivity index (χ0) is 20.5. The summed E-state index contributed by atoms with van der Waals surface area (Å²) >= 11 is 1.27. The third kappa shape index (κ3) is 3.92. The van der Waals surface area contributed by atoms with Crippen LogP contribution in [0.1, 0.15) is 23.2 Å². The van der Waals surface area contributed by atoms with Crippen molar-refractivity contribution in [1.82, 2.24) is 4.98 Å². The summed E-state index contributed by atoms with van der Waals surface area (Å²) in [6.45, 7) is 0. The third-order valence-electron chi connectivity index (χ3n) is 4.51. The first-order valence-corrected chi connectivity index (χ1v) is 9.69. The molecular weight excluding hydrogens is 396 g/mol. The van der Waals surface area contributed by atoms with Gasteiger partial charge in [0.25, 0.3) is 11.6 Å². The van der Waals surface area contributed by atoms with Gasteiger partial charge < -0.3 is 14.8 Å². The van der Waals surface area contributed by atoms with Crippen molar-refractivity contribution in [3.05, 3.63) is 46.0 Å². The fourth-order valence-corrected chi connectivity index (χ4v) is 3.74. The molecule has 29 heavy (non-hydrogen) atoms. The Morgan fingerprint density at radius 1 is 1.21 bits per heavy atom. The largest absolute Gasteiger partial charge is 0.493 e. The van der Waals surface area contributed by atoms with E-state index in [-0.39, 0.29) is 17.3 Å². The number of nitro benzene ring substituents is 1. The van der Waals surface area contributed by atoms with E-state index in [9.17, 15) is 14.9 Å². The lowest BCUT2D eigenvalue weighted by Crippen LogP contribution is -2.13. The van der Waals surface area contributed by atoms with Gasteiger partial charge in [-0.15, -0.1) is 0 Å². The lowest BCUT2D eigenvalue weighted by atomic mass is 10.1. The van der Waals surface area contributed by atoms with E-state index in [1.165, 1.54) is 24.5 Å². The minimum atomic E-state index is -0.488. The molecule has 0 unspecified atom stereocenters. The van der Waals surface area contributed by atoms with Gasteiger partial charge in [0.15, 0.2) is 16.6 Å². The van der Waals surface area contributed by atoms with Crippen LogP contribution in [0.25, 0.3) is 10.2 Å². The molecule has 4 rings (SSSR count). The molecule has 1 fully saturated rings. The molecular formula is C19H18N4O5S. The van der Waals surface area contributed by atoms with Crippen molar-refractivity contribution in [1.29, 1.82) is 0 Å². The molecule has 3 aromatic rings. The zero-order valence-corrected chi connectivity index (χ0v) is 16.5. The lowest BCUT2D eigenvalue weighted by molar-refractivity contribution is -0.384. The summed E-state index contributed by atoms with van der Waals surface area (Å²) in [5, 5.41) is 17.6. The van der Waals surface area contributed by atoms with Gasteiger partial charge in [-0.25, -0.2) is 4.98 Å². The van der Waals surface area contributed by atoms with E-state index in [1.54, 1.807) is 31.4 Å². The number of nitrogens with zero attached hydrogens (tertiary/aromatic N) is 2. The van der Waals surface area contributed by atoms with Crippen LogP contribution in [0, 0.1) is 10.1 Å². The highest BCUT2D eigenvalue weighted by Crippen LogP contribution is 2.36. The van der Waals surface area contributed by atoms with E-state index in [4.69, 9.17) is 9.47 Å². The topological polar surface area (TPSA) is 116 Å². The van der Waals surface area contributed by atoms with Gasteiger partial charge in [0.1, 0.15) is 5.69 Å². The second-order valence-electron chi connectivity index (χ2n) is 6.56. The standard InChI is InChI=1S/C19H18N4O5S/c1-27-15-8-13-17(9-16(15)28-2)29-19(21-13)22-18(24)10-3-6-12(20-11-4-5-11)14(7-10)23(25)26/h3,6-9,11,20H,4-5H2,1-2H3,(H,21,22,24). The van der Waals surface area contributed by atoms with Gasteiger partial charge in [-0.2, -0.15) is 0 Å². The maximum absolute atomic E-state index is 12.6. The monoisotopic (exact) mass is 414 g/mol. The summed E-state index contributed by atoms with van der Waals surface area (Å²) in [4.78, 5) is 27.9. The fraction of sp³-hybridized carbons (Fsp3) is 0.263. The molecule has 2 N–H and O–H groups in total. The summed E-state index contributed by atoms with van der Waals surface area (Å²) in [5.74, 6) is 0.637. The van der Waals surface area contributed by atoms with Crippen LogP contribution in [0.3, 0.4) is 0 Å². The van der Waals surface area contributed by atoms with E-state index in [2.05, 4.69) is 15.6 Å². The molecule has 1 aliphatic carbocycles. The van der Waals surface area contributed by atoms with Crippen LogP contribution in [0.15, 0.2) is 30.3 Å². The molecule has 2 aromatic carbocycles. The van der Waals surface area contributed by atoms with Crippen LogP contribution >= 0.6 is 11.3 Å². The number of nitro groups is 1. The van der Waals surface area contributed by atoms with Gasteiger partial charge >= 0.3 is 0 Å². The third-order valence-corrected chi connectivity index (χ3v) is 5.44. The van der Waals surface area contributed by atoms with Crippen LogP contribution in [0.5, 0.6) is 11.5 Å². The number of anilines is 2. The number of carbonyl (C=O) groups excluding carboxylic acids is 1. The molecule has 10 heteroatoms. The van der Waals surface area contributed by atoms with E-state index in [1.807, 2.05) is 0 Å². The molecule has 1 aromatic heterocycles. The molecule has 0 atom stereocenters. The molecule has 0 aliphatic heterocycles. The van der Waals surface area contributed by atoms with Crippen molar-refractivity contribution < 1.29 is 19.2 Å². The van der Waals surface area contributed by atoms with E-state index >= 15 is 0 Å². The number of amides is 1. The van der Waals surface area contributed by atoms with Crippen LogP contribution in [0.2, 0.25) is 0 Å². The van der Waals surface area contributed by atoms with Crippen molar-refractivity contribution in [2.75, 3.05) is 24.9 Å². The highest BCUT2D eigenvalue weighted by molar-refractivity contribution is 7.22. The van der Waals surface area contributed by atoms with Gasteiger partial charge in [0.2, 0.25) is 0 Å². The quantitative estimate of drug-likeness (QED) is 0.443. The van der Waals surface area contributed by atoms with Crippen LogP contribution in [0.4, 0.5) is 16.5 Å². The molecule has 9 nitrogen and oxygen atoms in total. The Hall–Kier alpha value is -3.40. The highest BCUT2D eigenvalue weighted by Gasteiger charge is 2.25. The lowest BCUT2D eigenvalue weighted by Gasteiger charge is -2.07. The molecule has 150 valence electrons. The number of nitrogens with one attached hydrogen (secondary N) is 2. The normalized spacial score (nSPS) is 13.2. The Labute approximate surface area is 169 Å². The van der Waals surface area contributed by atoms with Gasteiger partial charge in [0, 0.05) is 29.8 Å². The second kappa shape index (κ2) is 7.55. The minimum absolute atomic E-state index is 0.122. The van der Waals surface area contributed by atoms with Crippen LogP contribution in [-0.4, -0.2) is 36.1 Å². The summed E-state index contributed by atoms with van der Waals surface area (Å²) in [7, 11) is 3.08. The predicted molar refractivity (Wildman–Crippen MR) is 110 cm³/mol. The average molecular weight is 414 g/mol. The van der Waals surface area contributed by atoms with Gasteiger partial charge in [-0.3, -0.25) is 20.2 Å². The molecule has 0 saturated heterocycles. The summed E-state index contributed by atoms with van der Waals surface area (Å²) in [5.41, 5.74) is 1.14. The van der Waals surface area contributed by atoms with Crippen molar-refractivity contribution in [3.63, 3.8) is 0 Å². The first-order valence-electron chi connectivity index (χ1n) is 8.87. The van der Waals surface area contributed by atoms with E-state index in [0.717, 1.165) is 17.5 Å². The number of rotatable bonds is 7. The second-order valence-corrected chi connectivity index (χ2v) is 7.59. The summed E-state index contributed by atoms with van der Waals surface area (Å²) in [6, 6.07) is 8.18. The Bertz CT molecular complexity index is 1070. The van der Waals surface area contributed by atoms with Crippen molar-refractivity contribution in [2.45, 2.75) is 18.9 Å². The van der Waals surface area contributed by atoms with Gasteiger partial charge in [0.05, 0.1) is 29.4 Å². The number of aromatic nitrogens is 1. The first-order chi connectivity index (χ1) is 14.0. The number of hydrogen-bond donors (Lipinski definition) is 2. The minimum Gasteiger partial charge on any atom is -0.493 e. The number of fused-ring (bicyclic) bond motifs is 1. The Balaban J connectivity index is 1.58. The molecule has 1 aliphatic rings. The fourth-order valence-electron chi connectivity index (χ4n) is 2.87. The van der Waals surface area contributed by atoms with Crippen LogP contribution in [-0.2, 0) is 0 Å². The van der Waals surface area contributed by atoms with Crippen molar-refractivity contribution >= 4 is 44.0 Å². The predicted octanol–water partition coefficient (Wildman–Crippen LogP) is 4.05. The highest BCUT2D eigenvalue weighted by atomic mass is 32.1. The molecule has 1 saturated carbocycles. The zero-order valence-electron chi connectivity index (χ0n) is 15.7. The smallest absolute Gasteiger partial charge is 0.293 e.